The number of nitro groups is 1. The Balaban J connectivity index is 3.27. The molecule has 1 aromatic carbocycles. The van der Waals surface area contributed by atoms with Crippen molar-refractivity contribution < 1.29 is 13.5 Å². The van der Waals surface area contributed by atoms with Crippen LogP contribution in [0.15, 0.2) is 22.6 Å². The first-order valence-corrected chi connectivity index (χ1v) is 6.24. The fraction of sp³-hybridized carbons (Fsp3) is 0.250. The summed E-state index contributed by atoms with van der Waals surface area (Å²) in [5.41, 5.74) is -0.485. The molecule has 0 aliphatic heterocycles. The minimum Gasteiger partial charge on any atom is -0.258 e. The van der Waals surface area contributed by atoms with Crippen molar-refractivity contribution in [2.45, 2.75) is 0 Å². The topological polar surface area (TPSA) is 72.6 Å². The van der Waals surface area contributed by atoms with Gasteiger partial charge in [0.25, 0.3) is 5.69 Å². The molecule has 0 heterocycles. The predicted octanol–water partition coefficient (Wildman–Crippen LogP) is 2.09. The van der Waals surface area contributed by atoms with Gasteiger partial charge in [0, 0.05) is 28.3 Å². The number of halogens is 1. The average Bonchev–Trinajstić information content (AvgIpc) is 2.05. The van der Waals surface area contributed by atoms with E-state index >= 15 is 0 Å². The van der Waals surface area contributed by atoms with E-state index < -0.39 is 20.5 Å². The molecule has 0 atom stereocenters. The number of nitro benzene ring substituents is 1. The third kappa shape index (κ3) is 3.28. The summed E-state index contributed by atoms with van der Waals surface area (Å²) in [5.74, 6) is -0.847. The summed E-state index contributed by atoms with van der Waals surface area (Å²) in [6.45, 7) is 0. The summed E-state index contributed by atoms with van der Waals surface area (Å²) in [7, 11) is -2.47. The lowest BCUT2D eigenvalue weighted by Crippen LogP contribution is -1.92. The molecule has 1 rings (SSSR count). The smallest absolute Gasteiger partial charge is 0.258 e. The molecule has 82 valence electrons. The Hall–Kier alpha value is -1.50. The molecule has 0 N–H and O–H groups in total. The van der Waals surface area contributed by atoms with Crippen molar-refractivity contribution in [2.24, 2.45) is 4.36 Å². The summed E-state index contributed by atoms with van der Waals surface area (Å²) in [4.78, 5) is 9.60. The van der Waals surface area contributed by atoms with Crippen LogP contribution in [0.3, 0.4) is 0 Å². The van der Waals surface area contributed by atoms with Gasteiger partial charge in [0.1, 0.15) is 5.69 Å². The van der Waals surface area contributed by atoms with E-state index in [0.717, 1.165) is 18.2 Å². The number of benzene rings is 1. The molecular formula is C8H9FN2O3S. The molecule has 15 heavy (non-hydrogen) atoms. The zero-order chi connectivity index (χ0) is 11.6. The van der Waals surface area contributed by atoms with Crippen LogP contribution in [-0.2, 0) is 9.73 Å². The van der Waals surface area contributed by atoms with Gasteiger partial charge in [-0.05, 0) is 6.07 Å². The molecule has 0 spiro atoms. The van der Waals surface area contributed by atoms with Gasteiger partial charge in [-0.15, -0.1) is 0 Å². The Labute approximate surface area is 86.3 Å². The molecule has 1 aromatic rings. The molecule has 5 nitrogen and oxygen atoms in total. The lowest BCUT2D eigenvalue weighted by atomic mass is 10.3. The van der Waals surface area contributed by atoms with Crippen LogP contribution in [-0.4, -0.2) is 21.6 Å². The average molecular weight is 232 g/mol. The number of rotatable bonds is 2. The molecule has 0 saturated heterocycles. The van der Waals surface area contributed by atoms with Gasteiger partial charge >= 0.3 is 0 Å². The fourth-order valence-corrected chi connectivity index (χ4v) is 1.54. The zero-order valence-electron chi connectivity index (χ0n) is 8.14. The highest BCUT2D eigenvalue weighted by molar-refractivity contribution is 7.92. The molecule has 7 heteroatoms. The van der Waals surface area contributed by atoms with Crippen molar-refractivity contribution in [1.82, 2.24) is 0 Å². The first-order chi connectivity index (χ1) is 6.79. The van der Waals surface area contributed by atoms with Crippen LogP contribution in [0, 0.1) is 15.9 Å². The van der Waals surface area contributed by atoms with Crippen molar-refractivity contribution in [2.75, 3.05) is 12.5 Å². The van der Waals surface area contributed by atoms with E-state index in [-0.39, 0.29) is 11.4 Å². The number of nitrogens with zero attached hydrogens (tertiary/aromatic N) is 2. The van der Waals surface area contributed by atoms with Crippen molar-refractivity contribution >= 4 is 21.1 Å². The van der Waals surface area contributed by atoms with Crippen LogP contribution in [0.5, 0.6) is 0 Å². The van der Waals surface area contributed by atoms with E-state index in [2.05, 4.69) is 4.36 Å². The van der Waals surface area contributed by atoms with E-state index in [9.17, 15) is 18.7 Å². The minimum atomic E-state index is -2.47. The second-order valence-electron chi connectivity index (χ2n) is 3.17. The lowest BCUT2D eigenvalue weighted by Gasteiger charge is -1.98. The predicted molar refractivity (Wildman–Crippen MR) is 55.1 cm³/mol. The highest BCUT2D eigenvalue weighted by Crippen LogP contribution is 2.23. The van der Waals surface area contributed by atoms with Gasteiger partial charge in [0.2, 0.25) is 0 Å². The van der Waals surface area contributed by atoms with E-state index in [4.69, 9.17) is 0 Å². The van der Waals surface area contributed by atoms with Crippen LogP contribution in [0.4, 0.5) is 15.8 Å². The molecule has 0 bridgehead atoms. The number of non-ortho nitro benzene ring substituents is 1. The Bertz CT molecular complexity index is 513. The second kappa shape index (κ2) is 3.93. The lowest BCUT2D eigenvalue weighted by molar-refractivity contribution is -0.385. The van der Waals surface area contributed by atoms with Gasteiger partial charge in [-0.3, -0.25) is 10.1 Å². The van der Waals surface area contributed by atoms with Crippen molar-refractivity contribution in [3.05, 3.63) is 34.1 Å². The highest BCUT2D eigenvalue weighted by Gasteiger charge is 2.10. The van der Waals surface area contributed by atoms with E-state index in [0.29, 0.717) is 0 Å². The third-order valence-electron chi connectivity index (χ3n) is 1.46. The maximum absolute atomic E-state index is 13.2. The first kappa shape index (κ1) is 11.6. The monoisotopic (exact) mass is 232 g/mol. The van der Waals surface area contributed by atoms with Gasteiger partial charge < -0.3 is 0 Å². The molecule has 0 aromatic heterocycles. The molecule has 0 unspecified atom stereocenters. The summed E-state index contributed by atoms with van der Waals surface area (Å²) in [6.07, 6.45) is 2.71. The van der Waals surface area contributed by atoms with Crippen LogP contribution < -0.4 is 0 Å². The zero-order valence-corrected chi connectivity index (χ0v) is 8.95. The number of hydrogen-bond donors (Lipinski definition) is 0. The Morgan fingerprint density at radius 1 is 1.47 bits per heavy atom. The molecule has 0 radical (unpaired) electrons. The molecule has 0 aliphatic carbocycles. The van der Waals surface area contributed by atoms with Gasteiger partial charge in [0.05, 0.1) is 11.0 Å². The van der Waals surface area contributed by atoms with Gasteiger partial charge in [0.15, 0.2) is 5.82 Å². The van der Waals surface area contributed by atoms with Gasteiger partial charge in [-0.2, -0.15) is 4.36 Å². The quantitative estimate of drug-likeness (QED) is 0.579. The van der Waals surface area contributed by atoms with Crippen molar-refractivity contribution in [3.63, 3.8) is 0 Å². The van der Waals surface area contributed by atoms with Crippen LogP contribution in [0.1, 0.15) is 0 Å². The molecule has 0 aliphatic rings. The van der Waals surface area contributed by atoms with E-state index in [1.54, 1.807) is 0 Å². The standard InChI is InChI=1S/C8H9FN2O3S/c1-15(2,14)10-8-4-3-6(11(12)13)5-7(8)9/h3-5H,1-2H3. The first-order valence-electron chi connectivity index (χ1n) is 3.91. The van der Waals surface area contributed by atoms with Gasteiger partial charge in [-0.1, -0.05) is 0 Å². The summed E-state index contributed by atoms with van der Waals surface area (Å²) in [6, 6.07) is 3.01. The Morgan fingerprint density at radius 2 is 2.07 bits per heavy atom. The molecular weight excluding hydrogens is 223 g/mol. The Kier molecular flexibility index (Phi) is 3.04. The van der Waals surface area contributed by atoms with E-state index in [1.165, 1.54) is 12.5 Å². The van der Waals surface area contributed by atoms with Crippen LogP contribution >= 0.6 is 0 Å². The maximum atomic E-state index is 13.2. The third-order valence-corrected chi connectivity index (χ3v) is 2.10. The molecule has 0 saturated carbocycles. The number of hydrogen-bond acceptors (Lipinski definition) is 4. The van der Waals surface area contributed by atoms with Crippen molar-refractivity contribution in [1.29, 1.82) is 0 Å². The summed E-state index contributed by atoms with van der Waals surface area (Å²) >= 11 is 0. The highest BCUT2D eigenvalue weighted by atomic mass is 32.2. The van der Waals surface area contributed by atoms with Crippen LogP contribution in [0.2, 0.25) is 0 Å². The second-order valence-corrected chi connectivity index (χ2v) is 5.71. The Morgan fingerprint density at radius 3 is 2.47 bits per heavy atom. The fourth-order valence-electron chi connectivity index (χ4n) is 0.920. The largest absolute Gasteiger partial charge is 0.272 e. The normalized spacial score (nSPS) is 11.1. The van der Waals surface area contributed by atoms with Gasteiger partial charge in [-0.25, -0.2) is 8.60 Å². The van der Waals surface area contributed by atoms with E-state index in [1.807, 2.05) is 0 Å². The molecule has 0 amide bonds. The summed E-state index contributed by atoms with van der Waals surface area (Å²) in [5, 5.41) is 10.3. The maximum Gasteiger partial charge on any atom is 0.272 e. The minimum absolute atomic E-state index is 0.129. The SMILES string of the molecule is CS(C)(=O)=Nc1ccc([N+](=O)[O-])cc1F. The van der Waals surface area contributed by atoms with Crippen LogP contribution in [0.25, 0.3) is 0 Å². The molecule has 0 fully saturated rings. The van der Waals surface area contributed by atoms with Crippen molar-refractivity contribution in [3.8, 4) is 0 Å². The summed E-state index contributed by atoms with van der Waals surface area (Å²) < 4.78 is 28.1.